The van der Waals surface area contributed by atoms with Crippen molar-refractivity contribution in [1.29, 1.82) is 0 Å². The largest absolute Gasteiger partial charge is 0.264 e. The van der Waals surface area contributed by atoms with E-state index in [1.807, 2.05) is 0 Å². The van der Waals surface area contributed by atoms with E-state index >= 15 is 0 Å². The monoisotopic (exact) mass is 258 g/mol. The lowest BCUT2D eigenvalue weighted by Crippen LogP contribution is -2.03. The van der Waals surface area contributed by atoms with Gasteiger partial charge in [0.25, 0.3) is 9.05 Å². The number of aromatic nitrogens is 4. The number of hydrogen-bond acceptors (Lipinski definition) is 5. The zero-order valence-electron chi connectivity index (χ0n) is 8.20. The number of halogens is 1. The van der Waals surface area contributed by atoms with Crippen molar-refractivity contribution >= 4 is 19.7 Å². The summed E-state index contributed by atoms with van der Waals surface area (Å²) in [6.07, 6.45) is 5.67. The van der Waals surface area contributed by atoms with Crippen LogP contribution in [0.25, 0.3) is 5.82 Å². The van der Waals surface area contributed by atoms with Crippen molar-refractivity contribution in [3.8, 4) is 5.82 Å². The summed E-state index contributed by atoms with van der Waals surface area (Å²) in [6, 6.07) is 0. The quantitative estimate of drug-likeness (QED) is 0.748. The van der Waals surface area contributed by atoms with Gasteiger partial charge in [-0.1, -0.05) is 0 Å². The van der Waals surface area contributed by atoms with Crippen LogP contribution in [0.5, 0.6) is 0 Å². The Hall–Kier alpha value is -1.47. The second-order valence-electron chi connectivity index (χ2n) is 3.01. The van der Waals surface area contributed by atoms with Crippen LogP contribution in [-0.4, -0.2) is 28.2 Å². The summed E-state index contributed by atoms with van der Waals surface area (Å²) in [7, 11) is 1.47. The first-order valence-electron chi connectivity index (χ1n) is 4.26. The molecule has 0 saturated carbocycles. The van der Waals surface area contributed by atoms with Crippen molar-refractivity contribution < 1.29 is 8.42 Å². The number of nitrogens with zero attached hydrogens (tertiary/aromatic N) is 4. The Bertz CT molecular complexity index is 608. The van der Waals surface area contributed by atoms with E-state index < -0.39 is 9.05 Å². The maximum absolute atomic E-state index is 11.2. The SMILES string of the molecule is Cc1c(S(=O)(=O)Cl)cnn1-c1cnccn1. The van der Waals surface area contributed by atoms with E-state index in [9.17, 15) is 8.42 Å². The van der Waals surface area contributed by atoms with E-state index in [4.69, 9.17) is 10.7 Å². The van der Waals surface area contributed by atoms with Gasteiger partial charge in [0.1, 0.15) is 4.90 Å². The molecule has 0 aliphatic rings. The highest BCUT2D eigenvalue weighted by Gasteiger charge is 2.19. The maximum Gasteiger partial charge on any atom is 0.264 e. The van der Waals surface area contributed by atoms with E-state index in [2.05, 4.69) is 15.1 Å². The van der Waals surface area contributed by atoms with Gasteiger partial charge in [-0.2, -0.15) is 5.10 Å². The molecule has 0 amide bonds. The van der Waals surface area contributed by atoms with Crippen LogP contribution in [0.15, 0.2) is 29.7 Å². The first-order chi connectivity index (χ1) is 7.50. The second kappa shape index (κ2) is 3.84. The summed E-state index contributed by atoms with van der Waals surface area (Å²) in [5, 5.41) is 3.90. The molecule has 0 saturated heterocycles. The molecule has 0 radical (unpaired) electrons. The Morgan fingerprint density at radius 2 is 2.06 bits per heavy atom. The molecule has 2 rings (SSSR count). The summed E-state index contributed by atoms with van der Waals surface area (Å²) >= 11 is 0. The maximum atomic E-state index is 11.2. The molecule has 0 N–H and O–H groups in total. The Morgan fingerprint density at radius 1 is 1.31 bits per heavy atom. The van der Waals surface area contributed by atoms with Crippen molar-refractivity contribution in [3.05, 3.63) is 30.5 Å². The standard InChI is InChI=1S/C8H7ClN4O2S/c1-6-7(16(9,14)15)4-12-13(6)8-5-10-2-3-11-8/h2-5H,1H3. The highest BCUT2D eigenvalue weighted by Crippen LogP contribution is 2.20. The Balaban J connectivity index is 2.59. The molecular formula is C8H7ClN4O2S. The van der Waals surface area contributed by atoms with Gasteiger partial charge in [0.15, 0.2) is 5.82 Å². The van der Waals surface area contributed by atoms with Gasteiger partial charge < -0.3 is 0 Å². The molecule has 0 bridgehead atoms. The summed E-state index contributed by atoms with van der Waals surface area (Å²) in [6.45, 7) is 1.59. The molecule has 0 fully saturated rings. The van der Waals surface area contributed by atoms with Gasteiger partial charge in [0.2, 0.25) is 0 Å². The number of hydrogen-bond donors (Lipinski definition) is 0. The molecule has 16 heavy (non-hydrogen) atoms. The lowest BCUT2D eigenvalue weighted by Gasteiger charge is -2.01. The van der Waals surface area contributed by atoms with E-state index in [-0.39, 0.29) is 4.90 Å². The Morgan fingerprint density at radius 3 is 2.56 bits per heavy atom. The third kappa shape index (κ3) is 1.91. The van der Waals surface area contributed by atoms with Gasteiger partial charge in [0.05, 0.1) is 18.1 Å². The van der Waals surface area contributed by atoms with Gasteiger partial charge in [-0.3, -0.25) is 4.98 Å². The first kappa shape index (κ1) is 11.0. The lowest BCUT2D eigenvalue weighted by atomic mass is 10.5. The van der Waals surface area contributed by atoms with Crippen molar-refractivity contribution in [2.45, 2.75) is 11.8 Å². The fourth-order valence-corrected chi connectivity index (χ4v) is 2.33. The van der Waals surface area contributed by atoms with Crippen LogP contribution in [0.1, 0.15) is 5.69 Å². The zero-order chi connectivity index (χ0) is 11.8. The molecule has 6 nitrogen and oxygen atoms in total. The third-order valence-electron chi connectivity index (χ3n) is 1.99. The van der Waals surface area contributed by atoms with Crippen LogP contribution in [0.2, 0.25) is 0 Å². The second-order valence-corrected chi connectivity index (χ2v) is 5.54. The van der Waals surface area contributed by atoms with Crippen LogP contribution in [-0.2, 0) is 9.05 Å². The summed E-state index contributed by atoms with van der Waals surface area (Å²) < 4.78 is 23.7. The van der Waals surface area contributed by atoms with E-state index in [0.717, 1.165) is 0 Å². The molecule has 8 heteroatoms. The van der Waals surface area contributed by atoms with Crippen molar-refractivity contribution in [3.63, 3.8) is 0 Å². The van der Waals surface area contributed by atoms with Crippen molar-refractivity contribution in [2.75, 3.05) is 0 Å². The van der Waals surface area contributed by atoms with Crippen molar-refractivity contribution in [2.24, 2.45) is 0 Å². The average molecular weight is 259 g/mol. The molecule has 0 aliphatic heterocycles. The molecule has 0 aromatic carbocycles. The molecule has 0 atom stereocenters. The van der Waals surface area contributed by atoms with E-state index in [0.29, 0.717) is 11.5 Å². The third-order valence-corrected chi connectivity index (χ3v) is 3.42. The lowest BCUT2D eigenvalue weighted by molar-refractivity contribution is 0.609. The van der Waals surface area contributed by atoms with Gasteiger partial charge in [-0.15, -0.1) is 0 Å². The first-order valence-corrected chi connectivity index (χ1v) is 6.57. The molecule has 0 spiro atoms. The fraction of sp³-hybridized carbons (Fsp3) is 0.125. The van der Waals surface area contributed by atoms with Gasteiger partial charge >= 0.3 is 0 Å². The molecule has 2 aromatic heterocycles. The molecule has 2 heterocycles. The van der Waals surface area contributed by atoms with Crippen LogP contribution in [0, 0.1) is 6.92 Å². The molecule has 0 unspecified atom stereocenters. The molecule has 0 aliphatic carbocycles. The minimum Gasteiger partial charge on any atom is -0.259 e. The van der Waals surface area contributed by atoms with Crippen molar-refractivity contribution in [1.82, 2.24) is 19.7 Å². The fourth-order valence-electron chi connectivity index (χ4n) is 1.27. The summed E-state index contributed by atoms with van der Waals surface area (Å²) in [5.74, 6) is 0.437. The van der Waals surface area contributed by atoms with Gasteiger partial charge in [0, 0.05) is 23.1 Å². The van der Waals surface area contributed by atoms with Crippen LogP contribution in [0.3, 0.4) is 0 Å². The van der Waals surface area contributed by atoms with Gasteiger partial charge in [-0.05, 0) is 6.92 Å². The highest BCUT2D eigenvalue weighted by molar-refractivity contribution is 8.13. The number of rotatable bonds is 2. The van der Waals surface area contributed by atoms with Gasteiger partial charge in [-0.25, -0.2) is 18.1 Å². The Labute approximate surface area is 96.3 Å². The smallest absolute Gasteiger partial charge is 0.259 e. The zero-order valence-corrected chi connectivity index (χ0v) is 9.77. The predicted octanol–water partition coefficient (Wildman–Crippen LogP) is 0.898. The normalized spacial score (nSPS) is 11.6. The van der Waals surface area contributed by atoms with Crippen LogP contribution in [0.4, 0.5) is 0 Å². The molecular weight excluding hydrogens is 252 g/mol. The van der Waals surface area contributed by atoms with E-state index in [1.54, 1.807) is 6.92 Å². The average Bonchev–Trinajstić information content (AvgIpc) is 2.61. The molecule has 2 aromatic rings. The van der Waals surface area contributed by atoms with Crippen LogP contribution >= 0.6 is 10.7 Å². The topological polar surface area (TPSA) is 77.7 Å². The van der Waals surface area contributed by atoms with E-state index in [1.165, 1.54) is 29.5 Å². The predicted molar refractivity (Wildman–Crippen MR) is 56.9 cm³/mol. The molecule has 84 valence electrons. The minimum atomic E-state index is -3.78. The Kier molecular flexibility index (Phi) is 2.64. The minimum absolute atomic E-state index is 0.0279. The summed E-state index contributed by atoms with van der Waals surface area (Å²) in [4.78, 5) is 7.85. The van der Waals surface area contributed by atoms with Crippen LogP contribution < -0.4 is 0 Å². The highest BCUT2D eigenvalue weighted by atomic mass is 35.7. The summed E-state index contributed by atoms with van der Waals surface area (Å²) in [5.41, 5.74) is 0.399.